The number of H-pyrrole nitrogens is 1. The van der Waals surface area contributed by atoms with Crippen molar-refractivity contribution in [3.8, 4) is 17.0 Å². The summed E-state index contributed by atoms with van der Waals surface area (Å²) in [4.78, 5) is 44.2. The maximum absolute atomic E-state index is 13.5. The zero-order valence-electron chi connectivity index (χ0n) is 22.2. The van der Waals surface area contributed by atoms with Gasteiger partial charge < -0.3 is 19.9 Å². The number of benzene rings is 2. The molecule has 1 saturated heterocycles. The molecule has 2 aliphatic heterocycles. The number of fused-ring (bicyclic) bond motifs is 1. The first kappa shape index (κ1) is 27.0. The van der Waals surface area contributed by atoms with Crippen LogP contribution in [-0.2, 0) is 11.2 Å². The van der Waals surface area contributed by atoms with Gasteiger partial charge in [-0.3, -0.25) is 14.4 Å². The number of carbonyl (C=O) groups is 2. The topological polar surface area (TPSA) is 91.5 Å². The van der Waals surface area contributed by atoms with Gasteiger partial charge in [-0.05, 0) is 80.5 Å². The lowest BCUT2D eigenvalue weighted by Gasteiger charge is -2.41. The van der Waals surface area contributed by atoms with Crippen molar-refractivity contribution in [1.29, 1.82) is 0 Å². The first-order valence-corrected chi connectivity index (χ1v) is 14.0. The summed E-state index contributed by atoms with van der Waals surface area (Å²) >= 11 is 5.97. The number of pyridine rings is 1. The summed E-state index contributed by atoms with van der Waals surface area (Å²) in [6, 6.07) is 18.4. The van der Waals surface area contributed by atoms with Crippen LogP contribution < -0.4 is 15.6 Å². The fraction of sp³-hybridized carbons (Fsp3) is 0.387. The van der Waals surface area contributed by atoms with Crippen LogP contribution >= 0.6 is 11.6 Å². The van der Waals surface area contributed by atoms with Crippen molar-refractivity contribution in [2.24, 2.45) is 5.41 Å². The van der Waals surface area contributed by atoms with Crippen LogP contribution in [-0.4, -0.2) is 47.4 Å². The summed E-state index contributed by atoms with van der Waals surface area (Å²) in [5.41, 5.74) is 1.78. The predicted octanol–water partition coefficient (Wildman–Crippen LogP) is 5.23. The molecule has 0 unspecified atom stereocenters. The number of nitrogens with one attached hydrogen (secondary N) is 2. The molecule has 3 heterocycles. The number of hydrogen-bond acceptors (Lipinski definition) is 4. The molecule has 1 spiro atoms. The van der Waals surface area contributed by atoms with Gasteiger partial charge in [-0.1, -0.05) is 48.4 Å². The lowest BCUT2D eigenvalue weighted by molar-refractivity contribution is -0.135. The highest BCUT2D eigenvalue weighted by molar-refractivity contribution is 6.30. The number of amides is 2. The van der Waals surface area contributed by atoms with Crippen molar-refractivity contribution in [2.75, 3.05) is 19.7 Å². The summed E-state index contributed by atoms with van der Waals surface area (Å²) in [7, 11) is 0. The Kier molecular flexibility index (Phi) is 8.07. The molecule has 8 heteroatoms. The number of aromatic amines is 1. The summed E-state index contributed by atoms with van der Waals surface area (Å²) < 4.78 is 6.04. The maximum atomic E-state index is 13.5. The highest BCUT2D eigenvalue weighted by atomic mass is 35.5. The average molecular weight is 548 g/mol. The van der Waals surface area contributed by atoms with Crippen molar-refractivity contribution in [2.45, 2.75) is 51.5 Å². The molecule has 2 aromatic carbocycles. The molecule has 0 saturated carbocycles. The quantitative estimate of drug-likeness (QED) is 0.460. The van der Waals surface area contributed by atoms with Crippen LogP contribution in [0.5, 0.6) is 5.75 Å². The van der Waals surface area contributed by atoms with E-state index in [-0.39, 0.29) is 23.4 Å². The Labute approximate surface area is 233 Å². The first-order valence-electron chi connectivity index (χ1n) is 13.6. The normalized spacial score (nSPS) is 19.7. The van der Waals surface area contributed by atoms with Crippen LogP contribution in [0.1, 0.15) is 54.9 Å². The number of nitrogens with zero attached hydrogens (tertiary/aromatic N) is 1. The average Bonchev–Trinajstić information content (AvgIpc) is 2.94. The van der Waals surface area contributed by atoms with Crippen molar-refractivity contribution < 1.29 is 14.3 Å². The third-order valence-electron chi connectivity index (χ3n) is 7.97. The van der Waals surface area contributed by atoms with Gasteiger partial charge in [-0.15, -0.1) is 0 Å². The number of para-hydroxylation sites is 1. The number of aromatic nitrogens is 1. The number of rotatable bonds is 2. The predicted molar refractivity (Wildman–Crippen MR) is 152 cm³/mol. The fourth-order valence-corrected chi connectivity index (χ4v) is 5.73. The largest absolute Gasteiger partial charge is 0.491 e. The van der Waals surface area contributed by atoms with Gasteiger partial charge in [-0.25, -0.2) is 0 Å². The van der Waals surface area contributed by atoms with Crippen LogP contribution in [0.15, 0.2) is 65.5 Å². The summed E-state index contributed by atoms with van der Waals surface area (Å²) in [5.74, 6) is 0.613. The zero-order chi connectivity index (χ0) is 27.4. The van der Waals surface area contributed by atoms with Crippen molar-refractivity contribution in [3.63, 3.8) is 0 Å². The first-order chi connectivity index (χ1) is 18.8. The monoisotopic (exact) mass is 547 g/mol. The Bertz CT molecular complexity index is 1390. The molecule has 0 bridgehead atoms. The SMILES string of the molecule is C[C@H]1COc2ccccc2CCCCC2(CCN(C(=O)c3ccc(-c4ccc(Cl)cc4)[nH]c3=O)CC2)C(=O)N1. The minimum Gasteiger partial charge on any atom is -0.491 e. The number of aryl methyl sites for hydroxylation is 1. The molecule has 0 aliphatic carbocycles. The lowest BCUT2D eigenvalue weighted by atomic mass is 9.73. The maximum Gasteiger partial charge on any atom is 0.261 e. The van der Waals surface area contributed by atoms with Gasteiger partial charge in [0.25, 0.3) is 11.5 Å². The molecule has 1 fully saturated rings. The second kappa shape index (κ2) is 11.7. The Hall–Kier alpha value is -3.58. The third-order valence-corrected chi connectivity index (χ3v) is 8.23. The second-order valence-corrected chi connectivity index (χ2v) is 11.1. The number of halogens is 1. The molecule has 1 atom stereocenters. The van der Waals surface area contributed by atoms with Crippen LogP contribution in [0.4, 0.5) is 0 Å². The molecule has 0 radical (unpaired) electrons. The van der Waals surface area contributed by atoms with Gasteiger partial charge in [0, 0.05) is 23.8 Å². The Morgan fingerprint density at radius 1 is 0.974 bits per heavy atom. The Morgan fingerprint density at radius 3 is 2.46 bits per heavy atom. The van der Waals surface area contributed by atoms with E-state index < -0.39 is 11.0 Å². The van der Waals surface area contributed by atoms with E-state index in [4.69, 9.17) is 16.3 Å². The van der Waals surface area contributed by atoms with Crippen LogP contribution in [0.2, 0.25) is 5.02 Å². The molecule has 5 rings (SSSR count). The number of ether oxygens (including phenoxy) is 1. The van der Waals surface area contributed by atoms with Gasteiger partial charge in [0.05, 0.1) is 11.5 Å². The van der Waals surface area contributed by atoms with E-state index >= 15 is 0 Å². The minimum atomic E-state index is -0.533. The van der Waals surface area contributed by atoms with E-state index in [1.165, 1.54) is 5.56 Å². The fourth-order valence-electron chi connectivity index (χ4n) is 5.60. The number of carbonyl (C=O) groups excluding carboxylic acids is 2. The molecule has 204 valence electrons. The van der Waals surface area contributed by atoms with Gasteiger partial charge in [0.1, 0.15) is 17.9 Å². The summed E-state index contributed by atoms with van der Waals surface area (Å²) in [6.07, 6.45) is 4.68. The van der Waals surface area contributed by atoms with Gasteiger partial charge in [-0.2, -0.15) is 0 Å². The van der Waals surface area contributed by atoms with E-state index in [9.17, 15) is 14.4 Å². The van der Waals surface area contributed by atoms with Crippen LogP contribution in [0.25, 0.3) is 11.3 Å². The smallest absolute Gasteiger partial charge is 0.261 e. The van der Waals surface area contributed by atoms with Crippen LogP contribution in [0, 0.1) is 5.41 Å². The second-order valence-electron chi connectivity index (χ2n) is 10.7. The molecule has 2 amide bonds. The van der Waals surface area contributed by atoms with Crippen molar-refractivity contribution >= 4 is 23.4 Å². The molecular formula is C31H34ClN3O4. The molecule has 7 nitrogen and oxygen atoms in total. The molecule has 39 heavy (non-hydrogen) atoms. The highest BCUT2D eigenvalue weighted by Gasteiger charge is 2.42. The van der Waals surface area contributed by atoms with Gasteiger partial charge >= 0.3 is 0 Å². The van der Waals surface area contributed by atoms with Gasteiger partial charge in [0.2, 0.25) is 5.91 Å². The molecule has 1 aromatic heterocycles. The molecule has 2 N–H and O–H groups in total. The van der Waals surface area contributed by atoms with E-state index in [1.807, 2.05) is 37.3 Å². The van der Waals surface area contributed by atoms with E-state index in [2.05, 4.69) is 16.4 Å². The Morgan fingerprint density at radius 2 is 1.72 bits per heavy atom. The summed E-state index contributed by atoms with van der Waals surface area (Å²) in [6.45, 7) is 3.22. The highest BCUT2D eigenvalue weighted by Crippen LogP contribution is 2.38. The summed E-state index contributed by atoms with van der Waals surface area (Å²) in [5, 5.41) is 3.78. The zero-order valence-corrected chi connectivity index (χ0v) is 22.9. The number of piperidine rings is 1. The van der Waals surface area contributed by atoms with Gasteiger partial charge in [0.15, 0.2) is 0 Å². The number of hydrogen-bond donors (Lipinski definition) is 2. The third kappa shape index (κ3) is 6.04. The van der Waals surface area contributed by atoms with Crippen LogP contribution in [0.3, 0.4) is 0 Å². The Balaban J connectivity index is 1.27. The standard InChI is InChI=1S/C31H34ClN3O4/c1-21-20-39-27-8-3-2-6-23(27)7-4-5-15-31(30(38)33-21)16-18-35(19-17-31)29(37)25-13-14-26(34-28(25)36)22-9-11-24(32)12-10-22/h2-3,6,8-14,21H,4-5,7,15-20H2,1H3,(H,33,38)(H,34,36)/t21-/m0/s1. The molecule has 3 aromatic rings. The molecular weight excluding hydrogens is 514 g/mol. The lowest BCUT2D eigenvalue weighted by Crippen LogP contribution is -2.53. The van der Waals surface area contributed by atoms with E-state index in [0.29, 0.717) is 43.3 Å². The van der Waals surface area contributed by atoms with E-state index in [0.717, 1.165) is 37.0 Å². The minimum absolute atomic E-state index is 0.0322. The van der Waals surface area contributed by atoms with E-state index in [1.54, 1.807) is 29.2 Å². The van der Waals surface area contributed by atoms with Crippen molar-refractivity contribution in [3.05, 3.63) is 87.2 Å². The number of likely N-dealkylation sites (tertiary alicyclic amines) is 1. The van der Waals surface area contributed by atoms with Crippen molar-refractivity contribution in [1.82, 2.24) is 15.2 Å². The molecule has 2 aliphatic rings.